The van der Waals surface area contributed by atoms with Crippen LogP contribution in [0, 0.1) is 41.1 Å². The molecule has 0 atom stereocenters. The smallest absolute Gasteiger partial charge is 0.352 e. The number of rotatable bonds is 6. The molecule has 0 unspecified atom stereocenters. The molecular weight excluding hydrogens is 511 g/mol. The number of alkyl halides is 2. The van der Waals surface area contributed by atoms with Gasteiger partial charge in [-0.3, -0.25) is 0 Å². The van der Waals surface area contributed by atoms with Crippen LogP contribution in [0.2, 0.25) is 0 Å². The SMILES string of the molecule is CC1COC(C2COC(C3CCC(C(F)(F)OC4CCC(c5cc(F)c(F)c(F)c5)CC4)CC3)OC2)OC1. The molecule has 2 heterocycles. The quantitative estimate of drug-likeness (QED) is 0.298. The number of hydrogen-bond donors (Lipinski definition) is 0. The number of ether oxygens (including phenoxy) is 5. The summed E-state index contributed by atoms with van der Waals surface area (Å²) in [7, 11) is 0. The zero-order chi connectivity index (χ0) is 26.9. The highest BCUT2D eigenvalue weighted by Gasteiger charge is 2.46. The van der Waals surface area contributed by atoms with Crippen molar-refractivity contribution in [3.05, 3.63) is 35.1 Å². The lowest BCUT2D eigenvalue weighted by molar-refractivity contribution is -0.309. The van der Waals surface area contributed by atoms with Gasteiger partial charge < -0.3 is 23.7 Å². The Bertz CT molecular complexity index is 893. The third-order valence-corrected chi connectivity index (χ3v) is 8.53. The van der Waals surface area contributed by atoms with Crippen LogP contribution < -0.4 is 0 Å². The van der Waals surface area contributed by atoms with Crippen molar-refractivity contribution < 1.29 is 45.6 Å². The molecule has 2 aliphatic heterocycles. The lowest BCUT2D eigenvalue weighted by atomic mass is 9.80. The molecule has 1 aromatic carbocycles. The molecule has 0 N–H and O–H groups in total. The van der Waals surface area contributed by atoms with Gasteiger partial charge in [-0.2, -0.15) is 8.78 Å². The van der Waals surface area contributed by atoms with Crippen molar-refractivity contribution in [2.45, 2.75) is 89.0 Å². The first-order chi connectivity index (χ1) is 18.2. The van der Waals surface area contributed by atoms with Gasteiger partial charge in [0.25, 0.3) is 0 Å². The molecule has 4 fully saturated rings. The second-order valence-corrected chi connectivity index (χ2v) is 11.5. The van der Waals surface area contributed by atoms with E-state index in [1.54, 1.807) is 0 Å². The molecule has 1 aromatic rings. The fourth-order valence-electron chi connectivity index (χ4n) is 6.22. The predicted molar refractivity (Wildman–Crippen MR) is 127 cm³/mol. The minimum absolute atomic E-state index is 0.00372. The third-order valence-electron chi connectivity index (χ3n) is 8.53. The van der Waals surface area contributed by atoms with Crippen LogP contribution in [0.4, 0.5) is 22.0 Å². The van der Waals surface area contributed by atoms with Gasteiger partial charge >= 0.3 is 6.11 Å². The van der Waals surface area contributed by atoms with Crippen molar-refractivity contribution in [1.82, 2.24) is 0 Å². The standard InChI is InChI=1S/C28H37F5O5/c1-16-12-34-27(35-13-16)20-14-36-26(37-15-20)18-2-6-21(7-3-18)28(32,33)38-22-8-4-17(5-9-22)19-10-23(29)25(31)24(30)11-19/h10-11,16-18,20-22,26-27H,2-9,12-15H2,1H3. The van der Waals surface area contributed by atoms with Gasteiger partial charge in [-0.1, -0.05) is 6.92 Å². The maximum atomic E-state index is 15.1. The normalized spacial score (nSPS) is 37.2. The summed E-state index contributed by atoms with van der Waals surface area (Å²) >= 11 is 0. The van der Waals surface area contributed by atoms with Crippen molar-refractivity contribution in [3.8, 4) is 0 Å². The first-order valence-electron chi connectivity index (χ1n) is 13.9. The Balaban J connectivity index is 1.04. The fourth-order valence-corrected chi connectivity index (χ4v) is 6.22. The highest BCUT2D eigenvalue weighted by atomic mass is 19.3. The van der Waals surface area contributed by atoms with E-state index in [2.05, 4.69) is 6.92 Å². The molecule has 2 saturated carbocycles. The zero-order valence-corrected chi connectivity index (χ0v) is 21.7. The van der Waals surface area contributed by atoms with Gasteiger partial charge in [-0.05, 0) is 75.0 Å². The van der Waals surface area contributed by atoms with E-state index in [-0.39, 0.29) is 24.0 Å². The van der Waals surface area contributed by atoms with Crippen LogP contribution in [0.15, 0.2) is 12.1 Å². The van der Waals surface area contributed by atoms with Gasteiger partial charge in [0, 0.05) is 11.8 Å². The highest BCUT2D eigenvalue weighted by molar-refractivity contribution is 5.23. The number of hydrogen-bond acceptors (Lipinski definition) is 5. The summed E-state index contributed by atoms with van der Waals surface area (Å²) < 4.78 is 99.3. The van der Waals surface area contributed by atoms with Crippen molar-refractivity contribution in [2.24, 2.45) is 23.7 Å². The lowest BCUT2D eigenvalue weighted by Crippen LogP contribution is -2.46. The topological polar surface area (TPSA) is 46.2 Å². The average Bonchev–Trinajstić information content (AvgIpc) is 2.92. The Hall–Kier alpha value is -1.33. The van der Waals surface area contributed by atoms with E-state index in [4.69, 9.17) is 23.7 Å². The number of benzene rings is 1. The van der Waals surface area contributed by atoms with Crippen LogP contribution >= 0.6 is 0 Å². The lowest BCUT2D eigenvalue weighted by Gasteiger charge is -2.41. The molecule has 4 aliphatic rings. The molecule has 0 radical (unpaired) electrons. The first kappa shape index (κ1) is 28.2. The molecule has 0 aromatic heterocycles. The average molecular weight is 549 g/mol. The van der Waals surface area contributed by atoms with E-state index in [1.165, 1.54) is 0 Å². The monoisotopic (exact) mass is 548 g/mol. The summed E-state index contributed by atoms with van der Waals surface area (Å²) in [6.07, 6.45) is -1.21. The summed E-state index contributed by atoms with van der Waals surface area (Å²) in [5.41, 5.74) is 0.358. The third kappa shape index (κ3) is 6.52. The summed E-state index contributed by atoms with van der Waals surface area (Å²) in [5.74, 6) is -4.61. The van der Waals surface area contributed by atoms with Crippen LogP contribution in [0.5, 0.6) is 0 Å². The molecule has 2 saturated heterocycles. The molecule has 214 valence electrons. The van der Waals surface area contributed by atoms with Crippen LogP contribution in [-0.2, 0) is 23.7 Å². The minimum atomic E-state index is -3.25. The predicted octanol–water partition coefficient (Wildman–Crippen LogP) is 6.54. The summed E-state index contributed by atoms with van der Waals surface area (Å²) in [6, 6.07) is 1.99. The molecule has 0 bridgehead atoms. The summed E-state index contributed by atoms with van der Waals surface area (Å²) in [5, 5.41) is 0. The van der Waals surface area contributed by atoms with Gasteiger partial charge in [0.05, 0.1) is 44.4 Å². The second kappa shape index (κ2) is 12.0. The van der Waals surface area contributed by atoms with Crippen molar-refractivity contribution in [3.63, 3.8) is 0 Å². The molecule has 2 aliphatic carbocycles. The Morgan fingerprint density at radius 2 is 1.24 bits per heavy atom. The molecule has 0 amide bonds. The Morgan fingerprint density at radius 1 is 0.711 bits per heavy atom. The highest BCUT2D eigenvalue weighted by Crippen LogP contribution is 2.44. The van der Waals surface area contributed by atoms with Gasteiger partial charge in [0.2, 0.25) is 0 Å². The van der Waals surface area contributed by atoms with Crippen LogP contribution in [0.25, 0.3) is 0 Å². The van der Waals surface area contributed by atoms with Crippen LogP contribution in [0.3, 0.4) is 0 Å². The van der Waals surface area contributed by atoms with E-state index in [9.17, 15) is 13.2 Å². The van der Waals surface area contributed by atoms with E-state index in [0.717, 1.165) is 12.1 Å². The zero-order valence-electron chi connectivity index (χ0n) is 21.7. The maximum absolute atomic E-state index is 15.1. The Kier molecular flexibility index (Phi) is 8.94. The van der Waals surface area contributed by atoms with Gasteiger partial charge in [-0.15, -0.1) is 0 Å². The van der Waals surface area contributed by atoms with Crippen LogP contribution in [0.1, 0.15) is 69.8 Å². The van der Waals surface area contributed by atoms with Gasteiger partial charge in [-0.25, -0.2) is 13.2 Å². The fraction of sp³-hybridized carbons (Fsp3) is 0.786. The molecule has 0 spiro atoms. The Morgan fingerprint density at radius 3 is 1.82 bits per heavy atom. The molecular formula is C28H37F5O5. The number of halogens is 5. The Labute approximate surface area is 220 Å². The van der Waals surface area contributed by atoms with Gasteiger partial charge in [0.15, 0.2) is 30.0 Å². The van der Waals surface area contributed by atoms with E-state index >= 15 is 8.78 Å². The summed E-state index contributed by atoms with van der Waals surface area (Å²) in [4.78, 5) is 0. The first-order valence-corrected chi connectivity index (χ1v) is 13.9. The second-order valence-electron chi connectivity index (χ2n) is 11.5. The summed E-state index contributed by atoms with van der Waals surface area (Å²) in [6.45, 7) is 4.30. The van der Waals surface area contributed by atoms with Crippen molar-refractivity contribution in [1.29, 1.82) is 0 Å². The van der Waals surface area contributed by atoms with E-state index in [0.29, 0.717) is 89.3 Å². The van der Waals surface area contributed by atoms with Crippen molar-refractivity contribution in [2.75, 3.05) is 26.4 Å². The van der Waals surface area contributed by atoms with E-state index < -0.39 is 41.9 Å². The van der Waals surface area contributed by atoms with E-state index in [1.807, 2.05) is 0 Å². The molecule has 38 heavy (non-hydrogen) atoms. The van der Waals surface area contributed by atoms with Crippen molar-refractivity contribution >= 4 is 0 Å². The minimum Gasteiger partial charge on any atom is -0.352 e. The molecule has 5 nitrogen and oxygen atoms in total. The maximum Gasteiger partial charge on any atom is 0.358 e. The molecule has 5 rings (SSSR count). The molecule has 10 heteroatoms. The van der Waals surface area contributed by atoms with Gasteiger partial charge in [0.1, 0.15) is 0 Å². The van der Waals surface area contributed by atoms with Crippen LogP contribution in [-0.4, -0.2) is 51.2 Å². The largest absolute Gasteiger partial charge is 0.358 e.